The molecule has 0 bridgehead atoms. The second kappa shape index (κ2) is 6.27. The van der Waals surface area contributed by atoms with Crippen molar-refractivity contribution in [1.82, 2.24) is 5.01 Å². The number of benzene rings is 1. The van der Waals surface area contributed by atoms with Gasteiger partial charge in [-0.25, -0.2) is 4.39 Å². The van der Waals surface area contributed by atoms with E-state index in [-0.39, 0.29) is 22.7 Å². The fourth-order valence-corrected chi connectivity index (χ4v) is 2.29. The Bertz CT molecular complexity index is 613. The van der Waals surface area contributed by atoms with E-state index in [0.29, 0.717) is 6.42 Å². The van der Waals surface area contributed by atoms with Crippen molar-refractivity contribution < 1.29 is 27.5 Å². The van der Waals surface area contributed by atoms with Crippen LogP contribution in [0.4, 0.5) is 17.6 Å². The van der Waals surface area contributed by atoms with E-state index in [2.05, 4.69) is 5.10 Å². The van der Waals surface area contributed by atoms with Crippen LogP contribution in [0.25, 0.3) is 0 Å². The zero-order valence-electron chi connectivity index (χ0n) is 12.4. The van der Waals surface area contributed by atoms with Gasteiger partial charge in [-0.15, -0.1) is 0 Å². The van der Waals surface area contributed by atoms with Gasteiger partial charge in [-0.05, 0) is 37.1 Å². The molecule has 1 N–H and O–H groups in total. The Kier molecular flexibility index (Phi) is 4.74. The van der Waals surface area contributed by atoms with E-state index in [4.69, 9.17) is 0 Å². The number of nitrogens with zero attached hydrogens (tertiary/aromatic N) is 2. The largest absolute Gasteiger partial charge is 0.438 e. The number of hydrogen-bond donors (Lipinski definition) is 1. The molecule has 0 saturated carbocycles. The van der Waals surface area contributed by atoms with Gasteiger partial charge in [0, 0.05) is 17.7 Å². The lowest BCUT2D eigenvalue weighted by molar-refractivity contribution is -0.297. The van der Waals surface area contributed by atoms with E-state index in [1.165, 1.54) is 0 Å². The van der Waals surface area contributed by atoms with Crippen molar-refractivity contribution in [3.63, 3.8) is 0 Å². The molecule has 1 aromatic carbocycles. The molecule has 23 heavy (non-hydrogen) atoms. The third kappa shape index (κ3) is 3.36. The SMILES string of the molecule is CCCCC1=NN(C(=O)c2ccc(F)cc2)[C@](O)(C(F)(F)F)C1. The van der Waals surface area contributed by atoms with Gasteiger partial charge in [-0.3, -0.25) is 4.79 Å². The number of alkyl halides is 3. The summed E-state index contributed by atoms with van der Waals surface area (Å²) in [5.74, 6) is -1.75. The molecule has 0 spiro atoms. The summed E-state index contributed by atoms with van der Waals surface area (Å²) in [6.45, 7) is 1.87. The fourth-order valence-electron chi connectivity index (χ4n) is 2.29. The summed E-state index contributed by atoms with van der Waals surface area (Å²) < 4.78 is 52.6. The first kappa shape index (κ1) is 17.4. The summed E-state index contributed by atoms with van der Waals surface area (Å²) >= 11 is 0. The van der Waals surface area contributed by atoms with E-state index < -0.39 is 30.0 Å². The highest BCUT2D eigenvalue weighted by atomic mass is 19.4. The molecule has 1 amide bonds. The quantitative estimate of drug-likeness (QED) is 0.859. The number of carbonyl (C=O) groups is 1. The number of unbranched alkanes of at least 4 members (excludes halogenated alkanes) is 1. The summed E-state index contributed by atoms with van der Waals surface area (Å²) in [7, 11) is 0. The topological polar surface area (TPSA) is 52.9 Å². The maximum atomic E-state index is 13.3. The van der Waals surface area contributed by atoms with Gasteiger partial charge < -0.3 is 5.11 Å². The summed E-state index contributed by atoms with van der Waals surface area (Å²) in [6.07, 6.45) is -4.22. The molecule has 1 atom stereocenters. The van der Waals surface area contributed by atoms with Crippen molar-refractivity contribution in [2.45, 2.75) is 44.5 Å². The van der Waals surface area contributed by atoms with Gasteiger partial charge in [0.05, 0.1) is 0 Å². The second-order valence-electron chi connectivity index (χ2n) is 5.38. The van der Waals surface area contributed by atoms with E-state index in [1.54, 1.807) is 0 Å². The number of aliphatic hydroxyl groups is 1. The van der Waals surface area contributed by atoms with Crippen LogP contribution in [0.15, 0.2) is 29.4 Å². The summed E-state index contributed by atoms with van der Waals surface area (Å²) in [4.78, 5) is 12.3. The molecule has 0 unspecified atom stereocenters. The van der Waals surface area contributed by atoms with Crippen LogP contribution in [0, 0.1) is 5.82 Å². The maximum absolute atomic E-state index is 13.3. The van der Waals surface area contributed by atoms with Gasteiger partial charge in [0.25, 0.3) is 11.6 Å². The Morgan fingerprint density at radius 1 is 1.35 bits per heavy atom. The summed E-state index contributed by atoms with van der Waals surface area (Å²) in [5, 5.41) is 13.8. The van der Waals surface area contributed by atoms with Crippen molar-refractivity contribution >= 4 is 11.6 Å². The van der Waals surface area contributed by atoms with Crippen LogP contribution in [0.2, 0.25) is 0 Å². The van der Waals surface area contributed by atoms with Crippen LogP contribution >= 0.6 is 0 Å². The molecule has 0 radical (unpaired) electrons. The third-order valence-corrected chi connectivity index (χ3v) is 3.60. The van der Waals surface area contributed by atoms with Crippen molar-refractivity contribution in [2.24, 2.45) is 5.10 Å². The number of rotatable bonds is 4. The molecule has 2 rings (SSSR count). The Hall–Kier alpha value is -1.96. The number of hydrazone groups is 1. The lowest BCUT2D eigenvalue weighted by Crippen LogP contribution is -2.56. The van der Waals surface area contributed by atoms with Crippen molar-refractivity contribution in [3.05, 3.63) is 35.6 Å². The Morgan fingerprint density at radius 3 is 2.48 bits per heavy atom. The van der Waals surface area contributed by atoms with Gasteiger partial charge in [0.2, 0.25) is 0 Å². The molecule has 0 fully saturated rings. The van der Waals surface area contributed by atoms with Crippen LogP contribution in [0.5, 0.6) is 0 Å². The Balaban J connectivity index is 2.35. The number of halogens is 4. The Labute approximate surface area is 130 Å². The van der Waals surface area contributed by atoms with Gasteiger partial charge in [0.1, 0.15) is 5.82 Å². The predicted octanol–water partition coefficient (Wildman–Crippen LogP) is 3.47. The zero-order chi connectivity index (χ0) is 17.3. The van der Waals surface area contributed by atoms with E-state index in [9.17, 15) is 27.5 Å². The molecule has 0 saturated heterocycles. The summed E-state index contributed by atoms with van der Waals surface area (Å²) in [6, 6.07) is 4.01. The molecule has 8 heteroatoms. The lowest BCUT2D eigenvalue weighted by Gasteiger charge is -2.32. The molecule has 126 valence electrons. The molecule has 1 heterocycles. The molecule has 0 aromatic heterocycles. The molecule has 0 aliphatic carbocycles. The molecular formula is C15H16F4N2O2. The number of carbonyl (C=O) groups excluding carboxylic acids is 1. The van der Waals surface area contributed by atoms with Crippen LogP contribution in [0.3, 0.4) is 0 Å². The first-order valence-corrected chi connectivity index (χ1v) is 7.14. The highest BCUT2D eigenvalue weighted by Gasteiger charge is 2.63. The third-order valence-electron chi connectivity index (χ3n) is 3.60. The average Bonchev–Trinajstić information content (AvgIpc) is 2.83. The van der Waals surface area contributed by atoms with E-state index in [0.717, 1.165) is 30.7 Å². The van der Waals surface area contributed by atoms with Crippen LogP contribution < -0.4 is 0 Å². The van der Waals surface area contributed by atoms with Crippen LogP contribution in [0.1, 0.15) is 43.0 Å². The van der Waals surface area contributed by atoms with Gasteiger partial charge >= 0.3 is 6.18 Å². The molecule has 1 aliphatic heterocycles. The highest BCUT2D eigenvalue weighted by molar-refractivity contribution is 5.98. The van der Waals surface area contributed by atoms with Crippen LogP contribution in [-0.4, -0.2) is 33.6 Å². The standard InChI is InChI=1S/C15H16F4N2O2/c1-2-3-4-12-9-14(23,15(17,18)19)21(20-12)13(22)10-5-7-11(16)8-6-10/h5-8,23H,2-4,9H2,1H3/t14-/m1/s1. The first-order chi connectivity index (χ1) is 10.7. The monoisotopic (exact) mass is 332 g/mol. The lowest BCUT2D eigenvalue weighted by atomic mass is 10.0. The minimum Gasteiger partial charge on any atom is -0.362 e. The first-order valence-electron chi connectivity index (χ1n) is 7.14. The number of amides is 1. The molecule has 4 nitrogen and oxygen atoms in total. The van der Waals surface area contributed by atoms with E-state index >= 15 is 0 Å². The molecule has 1 aliphatic rings. The zero-order valence-corrected chi connectivity index (χ0v) is 12.4. The molecular weight excluding hydrogens is 316 g/mol. The van der Waals surface area contributed by atoms with Gasteiger partial charge in [-0.1, -0.05) is 13.3 Å². The van der Waals surface area contributed by atoms with Crippen molar-refractivity contribution in [2.75, 3.05) is 0 Å². The fraction of sp³-hybridized carbons (Fsp3) is 0.467. The highest BCUT2D eigenvalue weighted by Crippen LogP contribution is 2.41. The second-order valence-corrected chi connectivity index (χ2v) is 5.38. The van der Waals surface area contributed by atoms with Gasteiger partial charge in [0.15, 0.2) is 0 Å². The molecule has 1 aromatic rings. The Morgan fingerprint density at radius 2 is 1.96 bits per heavy atom. The van der Waals surface area contributed by atoms with Crippen molar-refractivity contribution in [1.29, 1.82) is 0 Å². The maximum Gasteiger partial charge on any atom is 0.438 e. The minimum atomic E-state index is -5.06. The summed E-state index contributed by atoms with van der Waals surface area (Å²) in [5.41, 5.74) is -3.45. The normalized spacial score (nSPS) is 21.5. The van der Waals surface area contributed by atoms with Crippen molar-refractivity contribution in [3.8, 4) is 0 Å². The van der Waals surface area contributed by atoms with E-state index in [1.807, 2.05) is 6.92 Å². The number of hydrogen-bond acceptors (Lipinski definition) is 3. The van der Waals surface area contributed by atoms with Crippen LogP contribution in [-0.2, 0) is 0 Å². The average molecular weight is 332 g/mol. The predicted molar refractivity (Wildman–Crippen MR) is 75.2 cm³/mol. The van der Waals surface area contributed by atoms with Gasteiger partial charge in [-0.2, -0.15) is 23.3 Å². The smallest absolute Gasteiger partial charge is 0.362 e. The minimum absolute atomic E-state index is 0.0607.